The SMILES string of the molecule is CCC(O)(CC)CNC(=O)C(C)NC(C)=O. The Labute approximate surface area is 96.6 Å². The van der Waals surface area contributed by atoms with Crippen LogP contribution in [-0.4, -0.2) is 35.1 Å². The molecule has 0 aromatic carbocycles. The highest BCUT2D eigenvalue weighted by Gasteiger charge is 2.24. The van der Waals surface area contributed by atoms with Crippen LogP contribution in [0.4, 0.5) is 0 Å². The molecule has 3 N–H and O–H groups in total. The van der Waals surface area contributed by atoms with E-state index in [1.165, 1.54) is 6.92 Å². The van der Waals surface area contributed by atoms with Gasteiger partial charge in [-0.2, -0.15) is 0 Å². The number of aliphatic hydroxyl groups is 1. The van der Waals surface area contributed by atoms with E-state index in [1.807, 2.05) is 13.8 Å². The van der Waals surface area contributed by atoms with Crippen molar-refractivity contribution in [1.29, 1.82) is 0 Å². The summed E-state index contributed by atoms with van der Waals surface area (Å²) in [5.41, 5.74) is -0.856. The zero-order valence-electron chi connectivity index (χ0n) is 10.5. The third-order valence-corrected chi connectivity index (χ3v) is 2.72. The van der Waals surface area contributed by atoms with E-state index >= 15 is 0 Å². The number of amides is 2. The van der Waals surface area contributed by atoms with Crippen LogP contribution in [0.1, 0.15) is 40.5 Å². The molecule has 0 rings (SSSR count). The van der Waals surface area contributed by atoms with Crippen molar-refractivity contribution in [1.82, 2.24) is 10.6 Å². The lowest BCUT2D eigenvalue weighted by Gasteiger charge is -2.26. The fraction of sp³-hybridized carbons (Fsp3) is 0.818. The molecule has 0 aromatic rings. The molecule has 0 saturated heterocycles. The van der Waals surface area contributed by atoms with Crippen molar-refractivity contribution in [2.45, 2.75) is 52.2 Å². The Hall–Kier alpha value is -1.10. The molecule has 0 saturated carbocycles. The fourth-order valence-electron chi connectivity index (χ4n) is 1.28. The van der Waals surface area contributed by atoms with Crippen molar-refractivity contribution in [3.05, 3.63) is 0 Å². The summed E-state index contributed by atoms with van der Waals surface area (Å²) in [7, 11) is 0. The highest BCUT2D eigenvalue weighted by atomic mass is 16.3. The Balaban J connectivity index is 4.10. The first kappa shape index (κ1) is 14.9. The standard InChI is InChI=1S/C11H22N2O3/c1-5-11(16,6-2)7-12-10(15)8(3)13-9(4)14/h8,16H,5-7H2,1-4H3,(H,12,15)(H,13,14). The highest BCUT2D eigenvalue weighted by molar-refractivity contribution is 5.86. The van der Waals surface area contributed by atoms with Crippen molar-refractivity contribution in [2.24, 2.45) is 0 Å². The van der Waals surface area contributed by atoms with Crippen LogP contribution in [0.5, 0.6) is 0 Å². The van der Waals surface area contributed by atoms with Gasteiger partial charge < -0.3 is 15.7 Å². The van der Waals surface area contributed by atoms with Crippen molar-refractivity contribution in [3.63, 3.8) is 0 Å². The molecule has 0 aliphatic rings. The van der Waals surface area contributed by atoms with Crippen LogP contribution in [0.15, 0.2) is 0 Å². The van der Waals surface area contributed by atoms with Gasteiger partial charge in [0, 0.05) is 13.5 Å². The minimum Gasteiger partial charge on any atom is -0.388 e. The third-order valence-electron chi connectivity index (χ3n) is 2.72. The van der Waals surface area contributed by atoms with E-state index in [4.69, 9.17) is 0 Å². The Bertz CT molecular complexity index is 250. The van der Waals surface area contributed by atoms with Gasteiger partial charge in [-0.15, -0.1) is 0 Å². The summed E-state index contributed by atoms with van der Waals surface area (Å²) in [5, 5.41) is 15.0. The molecule has 0 fully saturated rings. The van der Waals surface area contributed by atoms with Gasteiger partial charge in [0.05, 0.1) is 5.60 Å². The molecule has 0 heterocycles. The summed E-state index contributed by atoms with van der Waals surface area (Å²) in [6, 6.07) is -0.574. The lowest BCUT2D eigenvalue weighted by Crippen LogP contribution is -2.49. The molecule has 0 aliphatic heterocycles. The predicted molar refractivity (Wildman–Crippen MR) is 61.8 cm³/mol. The number of hydrogen-bond acceptors (Lipinski definition) is 3. The van der Waals surface area contributed by atoms with Gasteiger partial charge in [0.15, 0.2) is 0 Å². The number of hydrogen-bond donors (Lipinski definition) is 3. The smallest absolute Gasteiger partial charge is 0.242 e. The first-order valence-electron chi connectivity index (χ1n) is 5.61. The Kier molecular flexibility index (Phi) is 6.03. The number of carbonyl (C=O) groups is 2. The molecule has 2 amide bonds. The van der Waals surface area contributed by atoms with E-state index in [0.29, 0.717) is 12.8 Å². The fourth-order valence-corrected chi connectivity index (χ4v) is 1.28. The second-order valence-electron chi connectivity index (χ2n) is 4.07. The van der Waals surface area contributed by atoms with Crippen LogP contribution in [0.2, 0.25) is 0 Å². The quantitative estimate of drug-likeness (QED) is 0.609. The Morgan fingerprint density at radius 2 is 1.81 bits per heavy atom. The second-order valence-corrected chi connectivity index (χ2v) is 4.07. The Morgan fingerprint density at radius 1 is 1.31 bits per heavy atom. The highest BCUT2D eigenvalue weighted by Crippen LogP contribution is 2.12. The van der Waals surface area contributed by atoms with Crippen LogP contribution < -0.4 is 10.6 Å². The van der Waals surface area contributed by atoms with E-state index in [9.17, 15) is 14.7 Å². The molecule has 0 bridgehead atoms. The molecular weight excluding hydrogens is 208 g/mol. The average molecular weight is 230 g/mol. The number of rotatable bonds is 6. The maximum atomic E-state index is 11.5. The maximum Gasteiger partial charge on any atom is 0.242 e. The summed E-state index contributed by atoms with van der Waals surface area (Å²) >= 11 is 0. The molecule has 1 atom stereocenters. The monoisotopic (exact) mass is 230 g/mol. The third kappa shape index (κ3) is 5.11. The Morgan fingerprint density at radius 3 is 2.19 bits per heavy atom. The lowest BCUT2D eigenvalue weighted by atomic mass is 9.97. The van der Waals surface area contributed by atoms with Crippen molar-refractivity contribution >= 4 is 11.8 Å². The lowest BCUT2D eigenvalue weighted by molar-refractivity contribution is -0.128. The second kappa shape index (κ2) is 6.48. The van der Waals surface area contributed by atoms with Gasteiger partial charge in [0.25, 0.3) is 0 Å². The topological polar surface area (TPSA) is 78.4 Å². The molecule has 0 radical (unpaired) electrons. The molecule has 5 heteroatoms. The zero-order chi connectivity index (χ0) is 12.8. The maximum absolute atomic E-state index is 11.5. The summed E-state index contributed by atoms with van der Waals surface area (Å²) in [6.45, 7) is 6.91. The molecule has 1 unspecified atom stereocenters. The van der Waals surface area contributed by atoms with Crippen LogP contribution in [0, 0.1) is 0 Å². The molecule has 94 valence electrons. The summed E-state index contributed by atoms with van der Waals surface area (Å²) in [6.07, 6.45) is 1.16. The van der Waals surface area contributed by atoms with E-state index < -0.39 is 11.6 Å². The van der Waals surface area contributed by atoms with E-state index in [-0.39, 0.29) is 18.4 Å². The van der Waals surface area contributed by atoms with Gasteiger partial charge in [0.1, 0.15) is 6.04 Å². The normalized spacial score (nSPS) is 13.1. The molecule has 0 aromatic heterocycles. The molecule has 16 heavy (non-hydrogen) atoms. The molecular formula is C11H22N2O3. The van der Waals surface area contributed by atoms with Gasteiger partial charge in [-0.05, 0) is 19.8 Å². The molecule has 0 spiro atoms. The van der Waals surface area contributed by atoms with Crippen LogP contribution in [0.25, 0.3) is 0 Å². The van der Waals surface area contributed by atoms with E-state index in [0.717, 1.165) is 0 Å². The van der Waals surface area contributed by atoms with E-state index in [1.54, 1.807) is 6.92 Å². The van der Waals surface area contributed by atoms with Gasteiger partial charge in [0.2, 0.25) is 11.8 Å². The van der Waals surface area contributed by atoms with E-state index in [2.05, 4.69) is 10.6 Å². The minimum atomic E-state index is -0.856. The summed E-state index contributed by atoms with van der Waals surface area (Å²) < 4.78 is 0. The van der Waals surface area contributed by atoms with Gasteiger partial charge >= 0.3 is 0 Å². The zero-order valence-corrected chi connectivity index (χ0v) is 10.5. The van der Waals surface area contributed by atoms with Gasteiger partial charge in [-0.1, -0.05) is 13.8 Å². The van der Waals surface area contributed by atoms with Crippen molar-refractivity contribution in [2.75, 3.05) is 6.54 Å². The van der Waals surface area contributed by atoms with Crippen LogP contribution >= 0.6 is 0 Å². The predicted octanol–water partition coefficient (Wildman–Crippen LogP) is 0.178. The van der Waals surface area contributed by atoms with Crippen LogP contribution in [-0.2, 0) is 9.59 Å². The number of nitrogens with one attached hydrogen (secondary N) is 2. The summed E-state index contributed by atoms with van der Waals surface area (Å²) in [4.78, 5) is 22.3. The molecule has 0 aliphatic carbocycles. The van der Waals surface area contributed by atoms with Crippen LogP contribution in [0.3, 0.4) is 0 Å². The van der Waals surface area contributed by atoms with Gasteiger partial charge in [-0.25, -0.2) is 0 Å². The van der Waals surface area contributed by atoms with Crippen molar-refractivity contribution < 1.29 is 14.7 Å². The first-order chi connectivity index (χ1) is 7.34. The largest absolute Gasteiger partial charge is 0.388 e. The number of carbonyl (C=O) groups excluding carboxylic acids is 2. The molecule has 5 nitrogen and oxygen atoms in total. The summed E-state index contributed by atoms with van der Waals surface area (Å²) in [5.74, 6) is -0.528. The average Bonchev–Trinajstić information content (AvgIpc) is 2.24. The van der Waals surface area contributed by atoms with Gasteiger partial charge in [-0.3, -0.25) is 9.59 Å². The first-order valence-corrected chi connectivity index (χ1v) is 5.61. The van der Waals surface area contributed by atoms with Crippen molar-refractivity contribution in [3.8, 4) is 0 Å². The minimum absolute atomic E-state index is 0.211.